The van der Waals surface area contributed by atoms with Crippen LogP contribution in [0.1, 0.15) is 19.8 Å². The number of para-hydroxylation sites is 1. The van der Waals surface area contributed by atoms with Crippen molar-refractivity contribution in [3.63, 3.8) is 0 Å². The van der Waals surface area contributed by atoms with Crippen LogP contribution in [0, 0.1) is 11.3 Å². The van der Waals surface area contributed by atoms with Crippen molar-refractivity contribution in [2.75, 3.05) is 12.0 Å². The lowest BCUT2D eigenvalue weighted by Crippen LogP contribution is -2.62. The smallest absolute Gasteiger partial charge is 0.273 e. The normalized spacial score (nSPS) is 16.2. The molecular weight excluding hydrogens is 336 g/mol. The molecule has 1 fully saturated rings. The number of nitrogens with zero attached hydrogens (tertiary/aromatic N) is 1. The van der Waals surface area contributed by atoms with E-state index in [4.69, 9.17) is 11.1 Å². The molecule has 1 atom stereocenters. The zero-order valence-corrected chi connectivity index (χ0v) is 14.4. The molecule has 138 valence electrons. The van der Waals surface area contributed by atoms with Crippen molar-refractivity contribution in [1.82, 2.24) is 10.6 Å². The average molecular weight is 358 g/mol. The highest BCUT2D eigenvalue weighted by atomic mass is 16.2. The predicted octanol–water partition coefficient (Wildman–Crippen LogP) is -0.00953. The molecule has 1 aliphatic rings. The van der Waals surface area contributed by atoms with Gasteiger partial charge in [0.05, 0.1) is 11.9 Å². The van der Waals surface area contributed by atoms with Crippen molar-refractivity contribution in [2.45, 2.75) is 25.3 Å². The van der Waals surface area contributed by atoms with Crippen molar-refractivity contribution >= 4 is 35.3 Å². The van der Waals surface area contributed by atoms with Crippen LogP contribution in [0.3, 0.4) is 0 Å². The minimum atomic E-state index is -1.37. The van der Waals surface area contributed by atoms with E-state index in [9.17, 15) is 14.4 Å². The Morgan fingerprint density at radius 1 is 1.31 bits per heavy atom. The Morgan fingerprint density at radius 3 is 2.50 bits per heavy atom. The summed E-state index contributed by atoms with van der Waals surface area (Å²) in [4.78, 5) is 35.6. The Bertz CT molecular complexity index is 729. The van der Waals surface area contributed by atoms with Crippen LogP contribution >= 0.6 is 0 Å². The Labute approximate surface area is 150 Å². The third-order valence-corrected chi connectivity index (χ3v) is 4.01. The van der Waals surface area contributed by atoms with Crippen LogP contribution < -0.4 is 21.8 Å². The van der Waals surface area contributed by atoms with Crippen LogP contribution in [0.15, 0.2) is 35.4 Å². The number of carbonyl (C=O) groups is 3. The van der Waals surface area contributed by atoms with Gasteiger partial charge in [-0.3, -0.25) is 25.1 Å². The summed E-state index contributed by atoms with van der Waals surface area (Å²) in [7, 11) is 0. The van der Waals surface area contributed by atoms with Gasteiger partial charge in [0.15, 0.2) is 5.71 Å². The van der Waals surface area contributed by atoms with E-state index < -0.39 is 23.3 Å². The highest BCUT2D eigenvalue weighted by molar-refractivity contribution is 6.60. The molecule has 0 saturated heterocycles. The lowest BCUT2D eigenvalue weighted by Gasteiger charge is -2.27. The van der Waals surface area contributed by atoms with Crippen LogP contribution in [0.2, 0.25) is 0 Å². The Kier molecular flexibility index (Phi) is 6.18. The number of imide groups is 1. The predicted molar refractivity (Wildman–Crippen MR) is 97.8 cm³/mol. The first-order valence-electron chi connectivity index (χ1n) is 8.15. The van der Waals surface area contributed by atoms with E-state index in [0.29, 0.717) is 5.69 Å². The molecule has 0 aromatic heterocycles. The van der Waals surface area contributed by atoms with Gasteiger partial charge >= 0.3 is 0 Å². The summed E-state index contributed by atoms with van der Waals surface area (Å²) in [5.74, 6) is -1.88. The van der Waals surface area contributed by atoms with E-state index in [2.05, 4.69) is 21.2 Å². The number of carbonyl (C=O) groups excluding carboxylic acids is 3. The number of rotatable bonds is 8. The standard InChI is InChI=1S/C17H22N6O3/c1-11(24)21-16(26)17(19,12-7-8-12)10-20-15(25)14(9-18)23-22-13-5-3-2-4-6-13/h2-6,9,12,18,22H,7-8,10,19H2,1H3,(H,20,25)(H,21,24,26)/b18-9?,23-14+. The lowest BCUT2D eigenvalue weighted by molar-refractivity contribution is -0.133. The van der Waals surface area contributed by atoms with Gasteiger partial charge in [-0.1, -0.05) is 18.2 Å². The van der Waals surface area contributed by atoms with Gasteiger partial charge < -0.3 is 16.5 Å². The molecule has 3 amide bonds. The van der Waals surface area contributed by atoms with Crippen LogP contribution in [0.4, 0.5) is 5.69 Å². The number of hydrogen-bond donors (Lipinski definition) is 5. The van der Waals surface area contributed by atoms with Gasteiger partial charge in [0.25, 0.3) is 5.91 Å². The maximum Gasteiger partial charge on any atom is 0.273 e. The van der Waals surface area contributed by atoms with Crippen LogP contribution in [0.5, 0.6) is 0 Å². The molecule has 6 N–H and O–H groups in total. The lowest BCUT2D eigenvalue weighted by atomic mass is 9.93. The van der Waals surface area contributed by atoms with Gasteiger partial charge in [-0.25, -0.2) is 0 Å². The van der Waals surface area contributed by atoms with Gasteiger partial charge in [0.1, 0.15) is 5.54 Å². The quantitative estimate of drug-likeness (QED) is 0.327. The second-order valence-electron chi connectivity index (χ2n) is 6.13. The van der Waals surface area contributed by atoms with Crippen molar-refractivity contribution in [2.24, 2.45) is 16.8 Å². The largest absolute Gasteiger partial charge is 0.348 e. The van der Waals surface area contributed by atoms with E-state index in [0.717, 1.165) is 19.1 Å². The third-order valence-electron chi connectivity index (χ3n) is 4.01. The molecule has 0 radical (unpaired) electrons. The van der Waals surface area contributed by atoms with Crippen LogP contribution in [-0.2, 0) is 14.4 Å². The molecule has 0 bridgehead atoms. The summed E-state index contributed by atoms with van der Waals surface area (Å²) in [6.45, 7) is 1.06. The van der Waals surface area contributed by atoms with Gasteiger partial charge in [0.2, 0.25) is 11.8 Å². The van der Waals surface area contributed by atoms with E-state index in [1.165, 1.54) is 6.92 Å². The number of nitrogens with one attached hydrogen (secondary N) is 4. The topological polar surface area (TPSA) is 150 Å². The van der Waals surface area contributed by atoms with E-state index in [-0.39, 0.29) is 18.2 Å². The first-order chi connectivity index (χ1) is 12.4. The number of benzene rings is 1. The first kappa shape index (κ1) is 19.3. The molecule has 1 aromatic carbocycles. The second kappa shape index (κ2) is 8.34. The van der Waals surface area contributed by atoms with Gasteiger partial charge in [0, 0.05) is 13.5 Å². The zero-order chi connectivity index (χ0) is 19.2. The molecule has 0 heterocycles. The van der Waals surface area contributed by atoms with Crippen molar-refractivity contribution in [3.8, 4) is 0 Å². The second-order valence-corrected chi connectivity index (χ2v) is 6.13. The summed E-state index contributed by atoms with van der Waals surface area (Å²) in [6.07, 6.45) is 2.30. The molecule has 1 unspecified atom stereocenters. The maximum atomic E-state index is 12.2. The molecule has 0 spiro atoms. The fourth-order valence-electron chi connectivity index (χ4n) is 2.39. The maximum absolute atomic E-state index is 12.2. The number of hydrazone groups is 1. The summed E-state index contributed by atoms with van der Waals surface area (Å²) in [5, 5.41) is 15.9. The summed E-state index contributed by atoms with van der Waals surface area (Å²) < 4.78 is 0. The Hall–Kier alpha value is -3.07. The molecule has 9 heteroatoms. The Morgan fingerprint density at radius 2 is 1.96 bits per heavy atom. The summed E-state index contributed by atoms with van der Waals surface area (Å²) in [5.41, 5.74) is 7.95. The number of anilines is 1. The molecule has 2 rings (SSSR count). The fourth-order valence-corrected chi connectivity index (χ4v) is 2.39. The molecule has 9 nitrogen and oxygen atoms in total. The van der Waals surface area contributed by atoms with Crippen molar-refractivity contribution in [1.29, 1.82) is 5.41 Å². The Balaban J connectivity index is 2.00. The van der Waals surface area contributed by atoms with Crippen LogP contribution in [0.25, 0.3) is 0 Å². The minimum absolute atomic E-state index is 0.107. The monoisotopic (exact) mass is 358 g/mol. The van der Waals surface area contributed by atoms with Gasteiger partial charge in [-0.15, -0.1) is 0 Å². The highest BCUT2D eigenvalue weighted by Gasteiger charge is 2.48. The van der Waals surface area contributed by atoms with E-state index in [1.807, 2.05) is 6.07 Å². The number of amides is 3. The van der Waals surface area contributed by atoms with Gasteiger partial charge in [-0.05, 0) is 30.9 Å². The molecule has 1 aliphatic carbocycles. The first-order valence-corrected chi connectivity index (χ1v) is 8.15. The SMILES string of the molecule is CC(=O)NC(=O)C(N)(CNC(=O)/C(C=N)=N/Nc1ccccc1)C1CC1. The van der Waals surface area contributed by atoms with Crippen LogP contribution in [-0.4, -0.2) is 41.7 Å². The summed E-state index contributed by atoms with van der Waals surface area (Å²) >= 11 is 0. The van der Waals surface area contributed by atoms with Gasteiger partial charge in [-0.2, -0.15) is 5.10 Å². The fraction of sp³-hybridized carbons (Fsp3) is 0.353. The summed E-state index contributed by atoms with van der Waals surface area (Å²) in [6, 6.07) is 8.95. The highest BCUT2D eigenvalue weighted by Crippen LogP contribution is 2.38. The average Bonchev–Trinajstić information content (AvgIpc) is 3.46. The van der Waals surface area contributed by atoms with Crippen molar-refractivity contribution in [3.05, 3.63) is 30.3 Å². The molecule has 0 aliphatic heterocycles. The molecule has 26 heavy (non-hydrogen) atoms. The van der Waals surface area contributed by atoms with Crippen molar-refractivity contribution < 1.29 is 14.4 Å². The number of nitrogens with two attached hydrogens (primary N) is 1. The minimum Gasteiger partial charge on any atom is -0.348 e. The third kappa shape index (κ3) is 4.96. The number of hydrogen-bond acceptors (Lipinski definition) is 7. The molecule has 1 saturated carbocycles. The van der Waals surface area contributed by atoms with E-state index in [1.54, 1.807) is 24.3 Å². The molecular formula is C17H22N6O3. The molecule has 1 aromatic rings. The van der Waals surface area contributed by atoms with E-state index >= 15 is 0 Å². The zero-order valence-electron chi connectivity index (χ0n) is 14.4.